The lowest BCUT2D eigenvalue weighted by Gasteiger charge is -2.18. The van der Waals surface area contributed by atoms with Crippen LogP contribution in [0.5, 0.6) is 0 Å². The molecule has 1 aromatic rings. The number of sulfonamides is 2. The predicted octanol–water partition coefficient (Wildman–Crippen LogP) is 1.66. The molecular formula is C11H17ClN2O4S2. The average molecular weight is 341 g/mol. The van der Waals surface area contributed by atoms with E-state index < -0.39 is 25.3 Å². The third kappa shape index (κ3) is 4.08. The van der Waals surface area contributed by atoms with Crippen molar-refractivity contribution < 1.29 is 16.8 Å². The third-order valence-corrected chi connectivity index (χ3v) is 6.37. The minimum atomic E-state index is -3.59. The van der Waals surface area contributed by atoms with Gasteiger partial charge in [-0.15, -0.1) is 11.6 Å². The Morgan fingerprint density at radius 1 is 1.05 bits per heavy atom. The zero-order valence-electron chi connectivity index (χ0n) is 11.2. The second-order valence-corrected chi connectivity index (χ2v) is 8.18. The molecule has 0 atom stereocenters. The van der Waals surface area contributed by atoms with E-state index in [0.29, 0.717) is 13.1 Å². The van der Waals surface area contributed by atoms with Gasteiger partial charge in [-0.2, -0.15) is 4.31 Å². The fourth-order valence-corrected chi connectivity index (χ4v) is 3.79. The molecule has 0 saturated carbocycles. The predicted molar refractivity (Wildman–Crippen MR) is 79.8 cm³/mol. The van der Waals surface area contributed by atoms with Gasteiger partial charge in [-0.1, -0.05) is 13.8 Å². The van der Waals surface area contributed by atoms with Gasteiger partial charge < -0.3 is 0 Å². The SMILES string of the molecule is CCN(CC)S(=O)(=O)c1ccc(NS(=O)(=O)CCl)cc1. The van der Waals surface area contributed by atoms with Gasteiger partial charge in [0.25, 0.3) is 0 Å². The van der Waals surface area contributed by atoms with Gasteiger partial charge in [-0.05, 0) is 24.3 Å². The molecule has 0 aliphatic carbocycles. The van der Waals surface area contributed by atoms with Gasteiger partial charge in [0.1, 0.15) is 5.21 Å². The van der Waals surface area contributed by atoms with Crippen molar-refractivity contribution in [3.8, 4) is 0 Å². The van der Waals surface area contributed by atoms with Crippen molar-refractivity contribution in [2.75, 3.05) is 23.0 Å². The number of rotatable bonds is 7. The lowest BCUT2D eigenvalue weighted by molar-refractivity contribution is 0.445. The van der Waals surface area contributed by atoms with Gasteiger partial charge >= 0.3 is 0 Å². The van der Waals surface area contributed by atoms with Crippen LogP contribution in [0.2, 0.25) is 0 Å². The Kier molecular flexibility index (Phi) is 5.81. The van der Waals surface area contributed by atoms with Gasteiger partial charge in [-0.3, -0.25) is 4.72 Å². The first-order valence-corrected chi connectivity index (χ1v) is 9.56. The number of hydrogen-bond donors (Lipinski definition) is 1. The highest BCUT2D eigenvalue weighted by molar-refractivity contribution is 7.93. The summed E-state index contributed by atoms with van der Waals surface area (Å²) in [6.45, 7) is 4.26. The Hall–Kier alpha value is -0.830. The largest absolute Gasteiger partial charge is 0.283 e. The molecule has 0 heterocycles. The molecule has 0 aromatic heterocycles. The molecule has 1 aromatic carbocycles. The van der Waals surface area contributed by atoms with Gasteiger partial charge in [0, 0.05) is 18.8 Å². The highest BCUT2D eigenvalue weighted by Crippen LogP contribution is 2.19. The summed E-state index contributed by atoms with van der Waals surface area (Å²) in [5.41, 5.74) is 0.268. The summed E-state index contributed by atoms with van der Waals surface area (Å²) in [5, 5.41) is -0.563. The summed E-state index contributed by atoms with van der Waals surface area (Å²) in [7, 11) is -7.13. The molecule has 114 valence electrons. The van der Waals surface area contributed by atoms with E-state index in [2.05, 4.69) is 4.72 Å². The van der Waals surface area contributed by atoms with Gasteiger partial charge in [0.05, 0.1) is 4.90 Å². The number of hydrogen-bond acceptors (Lipinski definition) is 4. The van der Waals surface area contributed by atoms with Crippen molar-refractivity contribution in [3.05, 3.63) is 24.3 Å². The van der Waals surface area contributed by atoms with Crippen molar-refractivity contribution in [1.29, 1.82) is 0 Å². The zero-order valence-corrected chi connectivity index (χ0v) is 13.6. The van der Waals surface area contributed by atoms with Gasteiger partial charge in [-0.25, -0.2) is 16.8 Å². The molecule has 0 saturated heterocycles. The lowest BCUT2D eigenvalue weighted by Crippen LogP contribution is -2.30. The minimum absolute atomic E-state index is 0.120. The topological polar surface area (TPSA) is 83.6 Å². The Labute approximate surface area is 124 Å². The monoisotopic (exact) mass is 340 g/mol. The van der Waals surface area contributed by atoms with Crippen LogP contribution in [0.1, 0.15) is 13.8 Å². The van der Waals surface area contributed by atoms with E-state index in [-0.39, 0.29) is 10.6 Å². The summed E-state index contributed by atoms with van der Waals surface area (Å²) in [6, 6.07) is 5.50. The van der Waals surface area contributed by atoms with Crippen LogP contribution in [0, 0.1) is 0 Å². The van der Waals surface area contributed by atoms with Crippen molar-refractivity contribution in [1.82, 2.24) is 4.31 Å². The van der Waals surface area contributed by atoms with Crippen LogP contribution in [0.3, 0.4) is 0 Å². The first-order valence-electron chi connectivity index (χ1n) is 5.93. The Morgan fingerprint density at radius 3 is 1.95 bits per heavy atom. The number of nitrogens with one attached hydrogen (secondary N) is 1. The zero-order chi connectivity index (χ0) is 15.4. The van der Waals surface area contributed by atoms with Crippen molar-refractivity contribution in [2.24, 2.45) is 0 Å². The number of anilines is 1. The molecule has 6 nitrogen and oxygen atoms in total. The first-order chi connectivity index (χ1) is 9.26. The van der Waals surface area contributed by atoms with E-state index >= 15 is 0 Å². The molecule has 20 heavy (non-hydrogen) atoms. The second-order valence-electron chi connectivity index (χ2n) is 3.94. The number of halogens is 1. The Balaban J connectivity index is 3.03. The maximum absolute atomic E-state index is 12.2. The summed E-state index contributed by atoms with van der Waals surface area (Å²) in [5.74, 6) is 0. The van der Waals surface area contributed by atoms with Gasteiger partial charge in [0.2, 0.25) is 20.0 Å². The quantitative estimate of drug-likeness (QED) is 0.765. The molecule has 0 aliphatic heterocycles. The van der Waals surface area contributed by atoms with E-state index in [1.165, 1.54) is 28.6 Å². The van der Waals surface area contributed by atoms with Crippen LogP contribution >= 0.6 is 11.6 Å². The number of nitrogens with zero attached hydrogens (tertiary/aromatic N) is 1. The summed E-state index contributed by atoms with van der Waals surface area (Å²) in [6.07, 6.45) is 0. The summed E-state index contributed by atoms with van der Waals surface area (Å²) < 4.78 is 50.6. The summed E-state index contributed by atoms with van der Waals surface area (Å²) >= 11 is 5.27. The molecule has 0 unspecified atom stereocenters. The van der Waals surface area contributed by atoms with Gasteiger partial charge in [0.15, 0.2) is 0 Å². The van der Waals surface area contributed by atoms with Crippen LogP contribution in [0.25, 0.3) is 0 Å². The highest BCUT2D eigenvalue weighted by atomic mass is 35.5. The highest BCUT2D eigenvalue weighted by Gasteiger charge is 2.21. The van der Waals surface area contributed by atoms with Crippen LogP contribution in [0.15, 0.2) is 29.2 Å². The number of alkyl halides is 1. The maximum atomic E-state index is 12.2. The fourth-order valence-electron chi connectivity index (χ4n) is 1.61. The van der Waals surface area contributed by atoms with Crippen molar-refractivity contribution in [2.45, 2.75) is 18.7 Å². The Morgan fingerprint density at radius 2 is 1.55 bits per heavy atom. The standard InChI is InChI=1S/C11H17ClN2O4S2/c1-3-14(4-2)20(17,18)11-7-5-10(6-8-11)13-19(15,16)9-12/h5-8,13H,3-4,9H2,1-2H3. The molecular weight excluding hydrogens is 324 g/mol. The molecule has 1 N–H and O–H groups in total. The smallest absolute Gasteiger partial charge is 0.246 e. The summed E-state index contributed by atoms with van der Waals surface area (Å²) in [4.78, 5) is 0.120. The van der Waals surface area contributed by atoms with Crippen LogP contribution in [0.4, 0.5) is 5.69 Å². The molecule has 0 amide bonds. The maximum Gasteiger partial charge on any atom is 0.246 e. The molecule has 0 bridgehead atoms. The first kappa shape index (κ1) is 17.2. The van der Waals surface area contributed by atoms with E-state index in [4.69, 9.17) is 11.6 Å². The van der Waals surface area contributed by atoms with E-state index in [9.17, 15) is 16.8 Å². The molecule has 0 fully saturated rings. The van der Waals surface area contributed by atoms with E-state index in [1.54, 1.807) is 13.8 Å². The number of benzene rings is 1. The molecule has 9 heteroatoms. The fraction of sp³-hybridized carbons (Fsp3) is 0.455. The van der Waals surface area contributed by atoms with Crippen LogP contribution in [-0.2, 0) is 20.0 Å². The Bertz CT molecular complexity index is 638. The molecule has 0 spiro atoms. The second kappa shape index (κ2) is 6.75. The third-order valence-electron chi connectivity index (χ3n) is 2.61. The van der Waals surface area contributed by atoms with Crippen molar-refractivity contribution >= 4 is 37.3 Å². The average Bonchev–Trinajstić information content (AvgIpc) is 2.40. The normalized spacial score (nSPS) is 12.6. The molecule has 0 aliphatic rings. The van der Waals surface area contributed by atoms with Crippen LogP contribution in [-0.4, -0.2) is 39.4 Å². The molecule has 1 rings (SSSR count). The minimum Gasteiger partial charge on any atom is -0.283 e. The van der Waals surface area contributed by atoms with E-state index in [0.717, 1.165) is 0 Å². The van der Waals surface area contributed by atoms with Crippen LogP contribution < -0.4 is 4.72 Å². The van der Waals surface area contributed by atoms with E-state index in [1.807, 2.05) is 0 Å². The van der Waals surface area contributed by atoms with Crippen molar-refractivity contribution in [3.63, 3.8) is 0 Å². The molecule has 0 radical (unpaired) electrons. The lowest BCUT2D eigenvalue weighted by atomic mass is 10.3.